The Hall–Kier alpha value is -3.64. The number of rotatable bonds is 12. The van der Waals surface area contributed by atoms with E-state index in [2.05, 4.69) is 20.6 Å². The lowest BCUT2D eigenvalue weighted by Crippen LogP contribution is -2.58. The number of hydrogen-bond donors (Lipinski definition) is 8. The predicted molar refractivity (Wildman–Crippen MR) is 123 cm³/mol. The summed E-state index contributed by atoms with van der Waals surface area (Å²) in [4.78, 5) is 43.6. The highest BCUT2D eigenvalue weighted by molar-refractivity contribution is 5.92. The molecule has 180 valence electrons. The van der Waals surface area contributed by atoms with Crippen molar-refractivity contribution in [3.05, 3.63) is 36.0 Å². The Morgan fingerprint density at radius 1 is 1.15 bits per heavy atom. The van der Waals surface area contributed by atoms with E-state index >= 15 is 0 Å². The summed E-state index contributed by atoms with van der Waals surface area (Å²) in [5.41, 5.74) is 18.2. The van der Waals surface area contributed by atoms with Crippen molar-refractivity contribution in [1.29, 1.82) is 0 Å². The molecule has 33 heavy (non-hydrogen) atoms. The minimum Gasteiger partial charge on any atom is -0.480 e. The van der Waals surface area contributed by atoms with E-state index in [1.54, 1.807) is 6.20 Å². The lowest BCUT2D eigenvalue weighted by molar-refractivity contribution is -0.143. The number of H-pyrrole nitrogens is 1. The van der Waals surface area contributed by atoms with Crippen molar-refractivity contribution in [3.63, 3.8) is 0 Å². The van der Waals surface area contributed by atoms with Gasteiger partial charge in [0, 0.05) is 23.6 Å². The van der Waals surface area contributed by atoms with Gasteiger partial charge in [-0.25, -0.2) is 4.79 Å². The molecule has 2 rings (SSSR count). The number of aromatic nitrogens is 1. The molecule has 0 aliphatic rings. The number of carboxylic acids is 1. The first-order valence-corrected chi connectivity index (χ1v) is 10.5. The summed E-state index contributed by atoms with van der Waals surface area (Å²) < 4.78 is 0. The molecule has 2 aromatic rings. The molecule has 0 radical (unpaired) electrons. The Balaban J connectivity index is 1.99. The largest absolute Gasteiger partial charge is 0.480 e. The summed E-state index contributed by atoms with van der Waals surface area (Å²) in [6.45, 7) is 1.51. The van der Waals surface area contributed by atoms with Crippen LogP contribution >= 0.6 is 0 Å². The van der Waals surface area contributed by atoms with E-state index in [1.165, 1.54) is 6.92 Å². The molecular formula is C21H31N7O5. The van der Waals surface area contributed by atoms with Crippen LogP contribution in [0.3, 0.4) is 0 Å². The van der Waals surface area contributed by atoms with Crippen LogP contribution in [-0.2, 0) is 20.8 Å². The molecule has 0 bridgehead atoms. The summed E-state index contributed by atoms with van der Waals surface area (Å²) in [5, 5.41) is 25.1. The molecule has 12 nitrogen and oxygen atoms in total. The van der Waals surface area contributed by atoms with E-state index in [-0.39, 0.29) is 25.3 Å². The maximum atomic E-state index is 12.6. The van der Waals surface area contributed by atoms with E-state index in [0.717, 1.165) is 16.5 Å². The van der Waals surface area contributed by atoms with E-state index in [4.69, 9.17) is 17.2 Å². The molecule has 1 heterocycles. The summed E-state index contributed by atoms with van der Waals surface area (Å²) in [6.07, 6.45) is 1.03. The summed E-state index contributed by atoms with van der Waals surface area (Å²) >= 11 is 0. The number of carbonyl (C=O) groups is 3. The number of benzene rings is 1. The number of guanidine groups is 1. The third kappa shape index (κ3) is 7.47. The Bertz CT molecular complexity index is 1000. The standard InChI is InChI=1S/C21H31N7O5/c1-11(29)17(19(31)27-16(20(32)33)7-4-8-25-21(23)24)28-18(30)14(22)9-12-10-26-15-6-3-2-5-13(12)15/h2-3,5-6,10-11,14,16-17,26,29H,4,7-9,22H2,1H3,(H,27,31)(H,28,30)(H,32,33)(H4,23,24,25)/t11-,14+,16+,17+/m1/s1. The second-order valence-corrected chi connectivity index (χ2v) is 7.75. The van der Waals surface area contributed by atoms with Gasteiger partial charge in [-0.1, -0.05) is 18.2 Å². The number of aliphatic imine (C=N–C) groups is 1. The molecule has 2 amide bonds. The molecule has 0 aliphatic heterocycles. The van der Waals surface area contributed by atoms with Crippen LogP contribution in [-0.4, -0.2) is 69.7 Å². The zero-order valence-corrected chi connectivity index (χ0v) is 18.3. The molecule has 12 heteroatoms. The number of hydrogen-bond acceptors (Lipinski definition) is 6. The van der Waals surface area contributed by atoms with Crippen molar-refractivity contribution in [3.8, 4) is 0 Å². The minimum atomic E-state index is -1.38. The van der Waals surface area contributed by atoms with Gasteiger partial charge in [0.25, 0.3) is 0 Å². The molecule has 0 spiro atoms. The van der Waals surface area contributed by atoms with Gasteiger partial charge in [0.05, 0.1) is 12.1 Å². The van der Waals surface area contributed by atoms with Crippen LogP contribution in [0.1, 0.15) is 25.3 Å². The average Bonchev–Trinajstić information content (AvgIpc) is 3.16. The number of aliphatic hydroxyl groups excluding tert-OH is 1. The third-order valence-electron chi connectivity index (χ3n) is 5.07. The zero-order chi connectivity index (χ0) is 24.5. The predicted octanol–water partition coefficient (Wildman–Crippen LogP) is -1.47. The van der Waals surface area contributed by atoms with Crippen LogP contribution in [0.25, 0.3) is 10.9 Å². The molecule has 0 saturated heterocycles. The van der Waals surface area contributed by atoms with Gasteiger partial charge in [-0.05, 0) is 37.8 Å². The third-order valence-corrected chi connectivity index (χ3v) is 5.07. The number of nitrogens with one attached hydrogen (secondary N) is 3. The number of amides is 2. The molecule has 0 aliphatic carbocycles. The molecule has 0 saturated carbocycles. The van der Waals surface area contributed by atoms with Crippen LogP contribution in [0.2, 0.25) is 0 Å². The monoisotopic (exact) mass is 461 g/mol. The van der Waals surface area contributed by atoms with Gasteiger partial charge >= 0.3 is 5.97 Å². The van der Waals surface area contributed by atoms with Crippen molar-refractivity contribution in [2.75, 3.05) is 6.54 Å². The van der Waals surface area contributed by atoms with E-state index in [1.807, 2.05) is 24.3 Å². The summed E-state index contributed by atoms with van der Waals surface area (Å²) in [5.74, 6) is -2.88. The number of para-hydroxylation sites is 1. The molecule has 0 fully saturated rings. The van der Waals surface area contributed by atoms with Crippen LogP contribution in [0.4, 0.5) is 0 Å². The first kappa shape index (κ1) is 25.6. The average molecular weight is 462 g/mol. The number of nitrogens with two attached hydrogens (primary N) is 3. The fourth-order valence-electron chi connectivity index (χ4n) is 3.32. The molecule has 0 unspecified atom stereocenters. The van der Waals surface area contributed by atoms with Crippen LogP contribution < -0.4 is 27.8 Å². The number of nitrogens with zero attached hydrogens (tertiary/aromatic N) is 1. The van der Waals surface area contributed by atoms with Gasteiger partial charge in [-0.3, -0.25) is 14.6 Å². The first-order chi connectivity index (χ1) is 15.6. The number of aliphatic hydroxyl groups is 1. The Morgan fingerprint density at radius 3 is 2.48 bits per heavy atom. The number of fused-ring (bicyclic) bond motifs is 1. The van der Waals surface area contributed by atoms with E-state index in [9.17, 15) is 24.6 Å². The Morgan fingerprint density at radius 2 is 1.85 bits per heavy atom. The molecule has 1 aromatic heterocycles. The van der Waals surface area contributed by atoms with Crippen molar-refractivity contribution < 1.29 is 24.6 Å². The second kappa shape index (κ2) is 11.8. The molecule has 11 N–H and O–H groups in total. The Labute approximate surface area is 190 Å². The van der Waals surface area contributed by atoms with Crippen LogP contribution in [0, 0.1) is 0 Å². The fraction of sp³-hybridized carbons (Fsp3) is 0.429. The van der Waals surface area contributed by atoms with Gasteiger partial charge in [-0.2, -0.15) is 0 Å². The Kier molecular flexibility index (Phi) is 9.18. The topological polar surface area (TPSA) is 222 Å². The second-order valence-electron chi connectivity index (χ2n) is 7.75. The van der Waals surface area contributed by atoms with Crippen molar-refractivity contribution in [1.82, 2.24) is 15.6 Å². The highest BCUT2D eigenvalue weighted by Gasteiger charge is 2.31. The number of aliphatic carboxylic acids is 1. The summed E-state index contributed by atoms with van der Waals surface area (Å²) in [6, 6.07) is 3.93. The van der Waals surface area contributed by atoms with Crippen molar-refractivity contribution in [2.45, 2.75) is 50.4 Å². The van der Waals surface area contributed by atoms with Gasteiger partial charge in [0.1, 0.15) is 12.1 Å². The van der Waals surface area contributed by atoms with Gasteiger partial charge in [0.2, 0.25) is 11.8 Å². The fourth-order valence-corrected chi connectivity index (χ4v) is 3.32. The number of aromatic amines is 1. The summed E-state index contributed by atoms with van der Waals surface area (Å²) in [7, 11) is 0. The highest BCUT2D eigenvalue weighted by Crippen LogP contribution is 2.18. The van der Waals surface area contributed by atoms with Crippen molar-refractivity contribution >= 4 is 34.6 Å². The maximum Gasteiger partial charge on any atom is 0.326 e. The minimum absolute atomic E-state index is 0.0540. The lowest BCUT2D eigenvalue weighted by atomic mass is 10.0. The maximum absolute atomic E-state index is 12.6. The van der Waals surface area contributed by atoms with Crippen LogP contribution in [0.5, 0.6) is 0 Å². The lowest BCUT2D eigenvalue weighted by Gasteiger charge is -2.24. The number of carbonyl (C=O) groups excluding carboxylic acids is 2. The molecular weight excluding hydrogens is 430 g/mol. The van der Waals surface area contributed by atoms with Crippen LogP contribution in [0.15, 0.2) is 35.5 Å². The smallest absolute Gasteiger partial charge is 0.326 e. The van der Waals surface area contributed by atoms with E-state index in [0.29, 0.717) is 6.42 Å². The van der Waals surface area contributed by atoms with E-state index < -0.39 is 42.0 Å². The first-order valence-electron chi connectivity index (χ1n) is 10.5. The van der Waals surface area contributed by atoms with Gasteiger partial charge in [0.15, 0.2) is 5.96 Å². The van der Waals surface area contributed by atoms with Gasteiger partial charge in [-0.15, -0.1) is 0 Å². The molecule has 4 atom stereocenters. The zero-order valence-electron chi connectivity index (χ0n) is 18.3. The quantitative estimate of drug-likeness (QED) is 0.105. The van der Waals surface area contributed by atoms with Crippen molar-refractivity contribution in [2.24, 2.45) is 22.2 Å². The molecule has 1 aromatic carbocycles. The highest BCUT2D eigenvalue weighted by atomic mass is 16.4. The normalized spacial score (nSPS) is 14.6. The SMILES string of the molecule is C[C@@H](O)[C@H](NC(=O)[C@@H](N)Cc1c[nH]c2ccccc12)C(=O)N[C@@H](CCCN=C(N)N)C(=O)O. The van der Waals surface area contributed by atoms with Gasteiger partial charge < -0.3 is 43.0 Å². The number of carboxylic acid groups (broad SMARTS) is 1.